The van der Waals surface area contributed by atoms with E-state index >= 15 is 9.59 Å². The van der Waals surface area contributed by atoms with Crippen LogP contribution in [0.15, 0.2) is 34.5 Å². The van der Waals surface area contributed by atoms with Gasteiger partial charge in [0, 0.05) is 22.6 Å². The number of amides is 2. The molecule has 0 bridgehead atoms. The molecule has 0 spiro atoms. The third-order valence-electron chi connectivity index (χ3n) is 13.6. The maximum absolute atomic E-state index is 15.2. The lowest BCUT2D eigenvalue weighted by atomic mass is 9.90. The summed E-state index contributed by atoms with van der Waals surface area (Å²) in [6.07, 6.45) is 15.7. The molecule has 0 aliphatic rings. The zero-order valence-electron chi connectivity index (χ0n) is 41.0. The SMILES string of the molecule is CCC(C)CC(CC(C)CC)=NN(C(=O)c1cccc(C(=O)N(N=C(CC(C)CC)CC(C)CC)C(CC(C)CC)CC(C)CC)c1)C(CC(C)CC)CC(C)CC. The highest BCUT2D eigenvalue weighted by Crippen LogP contribution is 2.29. The van der Waals surface area contributed by atoms with Crippen LogP contribution in [0.25, 0.3) is 0 Å². The van der Waals surface area contributed by atoms with Gasteiger partial charge in [0.2, 0.25) is 0 Å². The highest BCUT2D eigenvalue weighted by atomic mass is 16.2. The average Bonchev–Trinajstić information content (AvgIpc) is 3.22. The summed E-state index contributed by atoms with van der Waals surface area (Å²) in [5.74, 6) is 3.57. The molecular formula is C52H94N4O2. The molecule has 8 unspecified atom stereocenters. The van der Waals surface area contributed by atoms with Gasteiger partial charge in [-0.3, -0.25) is 9.59 Å². The van der Waals surface area contributed by atoms with Gasteiger partial charge >= 0.3 is 0 Å². The predicted octanol–water partition coefficient (Wildman–Crippen LogP) is 15.5. The third-order valence-corrected chi connectivity index (χ3v) is 13.6. The Bertz CT molecular complexity index is 1210. The van der Waals surface area contributed by atoms with Crippen LogP contribution in [0.1, 0.15) is 234 Å². The van der Waals surface area contributed by atoms with Crippen molar-refractivity contribution < 1.29 is 9.59 Å². The molecule has 0 aliphatic heterocycles. The van der Waals surface area contributed by atoms with Crippen molar-refractivity contribution in [2.75, 3.05) is 0 Å². The van der Waals surface area contributed by atoms with Gasteiger partial charge in [-0.15, -0.1) is 0 Å². The molecule has 1 aromatic carbocycles. The summed E-state index contributed by atoms with van der Waals surface area (Å²) in [5, 5.41) is 14.6. The van der Waals surface area contributed by atoms with Crippen molar-refractivity contribution in [1.29, 1.82) is 0 Å². The summed E-state index contributed by atoms with van der Waals surface area (Å²) < 4.78 is 0. The van der Waals surface area contributed by atoms with Gasteiger partial charge < -0.3 is 0 Å². The van der Waals surface area contributed by atoms with Crippen molar-refractivity contribution in [2.24, 2.45) is 57.5 Å². The number of carbonyl (C=O) groups is 2. The van der Waals surface area contributed by atoms with E-state index in [2.05, 4.69) is 111 Å². The maximum Gasteiger partial charge on any atom is 0.274 e. The molecule has 6 nitrogen and oxygen atoms in total. The largest absolute Gasteiger partial charge is 0.274 e. The summed E-state index contributed by atoms with van der Waals surface area (Å²) in [6, 6.07) is 7.50. The van der Waals surface area contributed by atoms with Gasteiger partial charge in [0.15, 0.2) is 0 Å². The third kappa shape index (κ3) is 19.3. The molecule has 0 saturated heterocycles. The van der Waals surface area contributed by atoms with E-state index in [9.17, 15) is 0 Å². The Labute approximate surface area is 360 Å². The van der Waals surface area contributed by atoms with E-state index in [-0.39, 0.29) is 23.9 Å². The van der Waals surface area contributed by atoms with Gasteiger partial charge in [0.25, 0.3) is 11.8 Å². The fourth-order valence-electron chi connectivity index (χ4n) is 7.57. The van der Waals surface area contributed by atoms with Crippen molar-refractivity contribution in [3.8, 4) is 0 Å². The Morgan fingerprint density at radius 1 is 0.431 bits per heavy atom. The molecule has 334 valence electrons. The second-order valence-electron chi connectivity index (χ2n) is 19.4. The Kier molecular flexibility index (Phi) is 26.6. The topological polar surface area (TPSA) is 65.3 Å². The highest BCUT2D eigenvalue weighted by molar-refractivity contribution is 6.01. The van der Waals surface area contributed by atoms with Crippen LogP contribution in [0.5, 0.6) is 0 Å². The monoisotopic (exact) mass is 807 g/mol. The van der Waals surface area contributed by atoms with E-state index in [4.69, 9.17) is 10.2 Å². The van der Waals surface area contributed by atoms with E-state index in [0.717, 1.165) is 114 Å². The average molecular weight is 807 g/mol. The Balaban J connectivity index is 4.12. The molecule has 2 amide bonds. The predicted molar refractivity (Wildman–Crippen MR) is 254 cm³/mol. The number of nitrogens with zero attached hydrogens (tertiary/aromatic N) is 4. The first-order valence-electron chi connectivity index (χ1n) is 24.4. The number of carbonyl (C=O) groups excluding carboxylic acids is 2. The minimum Gasteiger partial charge on any atom is -0.267 e. The molecule has 0 N–H and O–H groups in total. The highest BCUT2D eigenvalue weighted by Gasteiger charge is 2.32. The number of hydrogen-bond donors (Lipinski definition) is 0. The zero-order chi connectivity index (χ0) is 43.9. The number of benzene rings is 1. The van der Waals surface area contributed by atoms with E-state index < -0.39 is 0 Å². The molecule has 1 aromatic rings. The summed E-state index contributed by atoms with van der Waals surface area (Å²) >= 11 is 0. The molecule has 0 aliphatic carbocycles. The van der Waals surface area contributed by atoms with Crippen molar-refractivity contribution >= 4 is 23.2 Å². The van der Waals surface area contributed by atoms with Crippen molar-refractivity contribution in [3.05, 3.63) is 35.4 Å². The van der Waals surface area contributed by atoms with Crippen molar-refractivity contribution in [2.45, 2.75) is 226 Å². The lowest BCUT2D eigenvalue weighted by Gasteiger charge is -2.33. The van der Waals surface area contributed by atoms with Gasteiger partial charge in [-0.1, -0.05) is 168 Å². The van der Waals surface area contributed by atoms with Crippen LogP contribution in [0.3, 0.4) is 0 Å². The smallest absolute Gasteiger partial charge is 0.267 e. The first-order chi connectivity index (χ1) is 27.5. The molecule has 58 heavy (non-hydrogen) atoms. The van der Waals surface area contributed by atoms with Crippen LogP contribution >= 0.6 is 0 Å². The fourth-order valence-corrected chi connectivity index (χ4v) is 7.57. The Hall–Kier alpha value is -2.50. The summed E-state index contributed by atoms with van der Waals surface area (Å²) in [7, 11) is 0. The first-order valence-corrected chi connectivity index (χ1v) is 24.4. The maximum atomic E-state index is 15.2. The Morgan fingerprint density at radius 3 is 0.897 bits per heavy atom. The molecule has 0 radical (unpaired) electrons. The van der Waals surface area contributed by atoms with Gasteiger partial charge in [-0.2, -0.15) is 10.2 Å². The lowest BCUT2D eigenvalue weighted by Crippen LogP contribution is -2.40. The molecular weight excluding hydrogens is 713 g/mol. The zero-order valence-corrected chi connectivity index (χ0v) is 41.0. The van der Waals surface area contributed by atoms with Gasteiger partial charge in [0.05, 0.1) is 12.1 Å². The molecule has 1 rings (SSSR count). The first kappa shape index (κ1) is 53.5. The summed E-state index contributed by atoms with van der Waals surface area (Å²) in [6.45, 7) is 36.3. The standard InChI is InChI=1S/C52H94N4O2/c1-17-37(9)28-47(29-38(10)18-2)53-55(49(32-41(13)21-5)33-42(14)22-6)51(57)45-26-25-27-46(36-45)52(58)56(50(34-43(15)23-7)35-44(16)24-8)54-48(30-39(11)19-3)31-40(12)20-4/h25-27,36-44,49-50H,17-24,28-35H2,1-16H3. The van der Waals surface area contributed by atoms with Gasteiger partial charge in [-0.25, -0.2) is 10.0 Å². The normalized spacial score (nSPS) is 16.8. The van der Waals surface area contributed by atoms with Gasteiger partial charge in [-0.05, 0) is 117 Å². The van der Waals surface area contributed by atoms with Crippen LogP contribution in [-0.2, 0) is 0 Å². The van der Waals surface area contributed by atoms with Crippen molar-refractivity contribution in [3.63, 3.8) is 0 Å². The molecule has 0 aromatic heterocycles. The van der Waals surface area contributed by atoms with E-state index in [1.165, 1.54) is 0 Å². The Morgan fingerprint density at radius 2 is 0.672 bits per heavy atom. The van der Waals surface area contributed by atoms with Crippen LogP contribution in [0.4, 0.5) is 0 Å². The molecule has 8 atom stereocenters. The molecule has 6 heteroatoms. The summed E-state index contributed by atoms with van der Waals surface area (Å²) in [4.78, 5) is 30.3. The number of hydrazone groups is 2. The molecule has 0 fully saturated rings. The molecule has 0 heterocycles. The quantitative estimate of drug-likeness (QED) is 0.0574. The van der Waals surface area contributed by atoms with Crippen LogP contribution in [0, 0.1) is 47.3 Å². The number of hydrogen-bond acceptors (Lipinski definition) is 4. The van der Waals surface area contributed by atoms with Crippen LogP contribution in [-0.4, -0.2) is 45.3 Å². The van der Waals surface area contributed by atoms with E-state index in [1.807, 2.05) is 34.3 Å². The second-order valence-corrected chi connectivity index (χ2v) is 19.4. The number of rotatable bonds is 30. The van der Waals surface area contributed by atoms with Crippen LogP contribution in [0.2, 0.25) is 0 Å². The minimum atomic E-state index is -0.0999. The van der Waals surface area contributed by atoms with Gasteiger partial charge in [0.1, 0.15) is 0 Å². The fraction of sp³-hybridized carbons (Fsp3) is 0.808. The lowest BCUT2D eigenvalue weighted by molar-refractivity contribution is 0.0624. The minimum absolute atomic E-state index is 0.0270. The molecule has 0 saturated carbocycles. The van der Waals surface area contributed by atoms with E-state index in [1.54, 1.807) is 0 Å². The summed E-state index contributed by atoms with van der Waals surface area (Å²) in [5.41, 5.74) is 3.30. The van der Waals surface area contributed by atoms with Crippen LogP contribution < -0.4 is 0 Å². The second kappa shape index (κ2) is 28.9. The van der Waals surface area contributed by atoms with Crippen molar-refractivity contribution in [1.82, 2.24) is 10.0 Å². The van der Waals surface area contributed by atoms with E-state index in [0.29, 0.717) is 58.5 Å².